The SMILES string of the molecule is CC(C)(C)OC(=O)NCC(=O)NCCC(c1ccccc1)c1ccccc1. The molecule has 5 heteroatoms. The highest BCUT2D eigenvalue weighted by Gasteiger charge is 2.17. The highest BCUT2D eigenvalue weighted by Crippen LogP contribution is 2.27. The van der Waals surface area contributed by atoms with Gasteiger partial charge in [0.25, 0.3) is 0 Å². The molecule has 0 atom stereocenters. The summed E-state index contributed by atoms with van der Waals surface area (Å²) in [6, 6.07) is 20.5. The number of nitrogens with one attached hydrogen (secondary N) is 2. The van der Waals surface area contributed by atoms with Gasteiger partial charge in [0.05, 0.1) is 6.54 Å². The summed E-state index contributed by atoms with van der Waals surface area (Å²) in [5.41, 5.74) is 1.84. The average Bonchev–Trinajstić information content (AvgIpc) is 2.64. The maximum absolute atomic E-state index is 12.0. The van der Waals surface area contributed by atoms with Crippen molar-refractivity contribution in [2.24, 2.45) is 0 Å². The van der Waals surface area contributed by atoms with E-state index < -0.39 is 11.7 Å². The van der Waals surface area contributed by atoms with Crippen molar-refractivity contribution in [1.82, 2.24) is 10.6 Å². The first kappa shape index (κ1) is 20.5. The lowest BCUT2D eigenvalue weighted by Crippen LogP contribution is -2.40. The summed E-state index contributed by atoms with van der Waals surface area (Å²) in [5, 5.41) is 5.33. The van der Waals surface area contributed by atoms with Gasteiger partial charge in [-0.1, -0.05) is 60.7 Å². The Bertz CT molecular complexity index is 685. The van der Waals surface area contributed by atoms with E-state index >= 15 is 0 Å². The third kappa shape index (κ3) is 7.52. The van der Waals surface area contributed by atoms with Crippen LogP contribution in [0.15, 0.2) is 60.7 Å². The second-order valence-electron chi connectivity index (χ2n) is 7.37. The van der Waals surface area contributed by atoms with Crippen LogP contribution in [0.2, 0.25) is 0 Å². The van der Waals surface area contributed by atoms with Gasteiger partial charge in [0.2, 0.25) is 5.91 Å². The topological polar surface area (TPSA) is 67.4 Å². The Balaban J connectivity index is 1.85. The number of hydrogen-bond donors (Lipinski definition) is 2. The second-order valence-corrected chi connectivity index (χ2v) is 7.37. The minimum atomic E-state index is -0.593. The molecule has 0 unspecified atom stereocenters. The van der Waals surface area contributed by atoms with Crippen molar-refractivity contribution in [2.45, 2.75) is 38.7 Å². The number of carbonyl (C=O) groups excluding carboxylic acids is 2. The minimum absolute atomic E-state index is 0.101. The third-order valence-electron chi connectivity index (χ3n) is 3.95. The van der Waals surface area contributed by atoms with E-state index in [1.165, 1.54) is 11.1 Å². The summed E-state index contributed by atoms with van der Waals surface area (Å²) in [7, 11) is 0. The van der Waals surface area contributed by atoms with Crippen LogP contribution in [0.3, 0.4) is 0 Å². The number of carbonyl (C=O) groups is 2. The highest BCUT2D eigenvalue weighted by molar-refractivity contribution is 5.82. The van der Waals surface area contributed by atoms with Gasteiger partial charge >= 0.3 is 6.09 Å². The first-order chi connectivity index (χ1) is 12.8. The maximum atomic E-state index is 12.0. The molecule has 0 heterocycles. The molecule has 2 aromatic rings. The van der Waals surface area contributed by atoms with E-state index in [0.29, 0.717) is 6.54 Å². The van der Waals surface area contributed by atoms with Crippen molar-refractivity contribution >= 4 is 12.0 Å². The van der Waals surface area contributed by atoms with Crippen LogP contribution in [-0.2, 0) is 9.53 Å². The Morgan fingerprint density at radius 1 is 0.889 bits per heavy atom. The van der Waals surface area contributed by atoms with Crippen molar-refractivity contribution < 1.29 is 14.3 Å². The predicted molar refractivity (Wildman–Crippen MR) is 107 cm³/mol. The number of alkyl carbamates (subject to hydrolysis) is 1. The molecule has 2 amide bonds. The van der Waals surface area contributed by atoms with Gasteiger partial charge in [-0.25, -0.2) is 4.79 Å². The van der Waals surface area contributed by atoms with E-state index in [2.05, 4.69) is 34.9 Å². The highest BCUT2D eigenvalue weighted by atomic mass is 16.6. The average molecular weight is 368 g/mol. The molecule has 0 fully saturated rings. The molecule has 27 heavy (non-hydrogen) atoms. The minimum Gasteiger partial charge on any atom is -0.444 e. The van der Waals surface area contributed by atoms with Crippen LogP contribution < -0.4 is 10.6 Å². The molecule has 144 valence electrons. The smallest absolute Gasteiger partial charge is 0.408 e. The Morgan fingerprint density at radius 2 is 1.41 bits per heavy atom. The summed E-state index contributed by atoms with van der Waals surface area (Å²) < 4.78 is 5.12. The molecule has 0 aliphatic heterocycles. The van der Waals surface area contributed by atoms with Gasteiger partial charge in [-0.2, -0.15) is 0 Å². The van der Waals surface area contributed by atoms with E-state index in [1.54, 1.807) is 20.8 Å². The second kappa shape index (κ2) is 9.76. The third-order valence-corrected chi connectivity index (χ3v) is 3.95. The fraction of sp³-hybridized carbons (Fsp3) is 0.364. The predicted octanol–water partition coefficient (Wildman–Crippen LogP) is 3.85. The molecule has 2 aromatic carbocycles. The quantitative estimate of drug-likeness (QED) is 0.780. The molecule has 0 radical (unpaired) electrons. The van der Waals surface area contributed by atoms with Gasteiger partial charge in [0, 0.05) is 12.5 Å². The Morgan fingerprint density at radius 3 is 1.89 bits per heavy atom. The molecular weight excluding hydrogens is 340 g/mol. The molecule has 5 nitrogen and oxygen atoms in total. The maximum Gasteiger partial charge on any atom is 0.408 e. The van der Waals surface area contributed by atoms with Crippen LogP contribution in [0.25, 0.3) is 0 Å². The molecular formula is C22H28N2O3. The molecule has 0 aliphatic rings. The van der Waals surface area contributed by atoms with Crippen molar-refractivity contribution in [3.63, 3.8) is 0 Å². The van der Waals surface area contributed by atoms with E-state index in [9.17, 15) is 9.59 Å². The monoisotopic (exact) mass is 368 g/mol. The van der Waals surface area contributed by atoms with Gasteiger partial charge in [-0.3, -0.25) is 4.79 Å². The fourth-order valence-corrected chi connectivity index (χ4v) is 2.78. The lowest BCUT2D eigenvalue weighted by molar-refractivity contribution is -0.120. The van der Waals surface area contributed by atoms with E-state index in [-0.39, 0.29) is 18.4 Å². The normalized spacial score (nSPS) is 11.1. The molecule has 2 rings (SSSR count). The lowest BCUT2D eigenvalue weighted by atomic mass is 9.88. The molecule has 0 spiro atoms. The summed E-state index contributed by atoms with van der Waals surface area (Å²) in [4.78, 5) is 23.6. The lowest BCUT2D eigenvalue weighted by Gasteiger charge is -2.20. The Labute approximate surface area is 161 Å². The van der Waals surface area contributed by atoms with E-state index in [1.807, 2.05) is 36.4 Å². The van der Waals surface area contributed by atoms with Gasteiger partial charge in [-0.15, -0.1) is 0 Å². The van der Waals surface area contributed by atoms with Gasteiger partial charge in [-0.05, 0) is 38.3 Å². The van der Waals surface area contributed by atoms with Crippen molar-refractivity contribution in [3.05, 3.63) is 71.8 Å². The zero-order valence-corrected chi connectivity index (χ0v) is 16.2. The standard InChI is InChI=1S/C22H28N2O3/c1-22(2,3)27-21(26)24-16-20(25)23-15-14-19(17-10-6-4-7-11-17)18-12-8-5-9-13-18/h4-13,19H,14-16H2,1-3H3,(H,23,25)(H,24,26). The van der Waals surface area contributed by atoms with E-state index in [0.717, 1.165) is 6.42 Å². The van der Waals surface area contributed by atoms with Crippen LogP contribution in [0.1, 0.15) is 44.2 Å². The van der Waals surface area contributed by atoms with Crippen LogP contribution >= 0.6 is 0 Å². The van der Waals surface area contributed by atoms with Crippen LogP contribution in [0.4, 0.5) is 4.79 Å². The van der Waals surface area contributed by atoms with Crippen LogP contribution in [0.5, 0.6) is 0 Å². The molecule has 0 saturated carbocycles. The van der Waals surface area contributed by atoms with Crippen molar-refractivity contribution in [2.75, 3.05) is 13.1 Å². The van der Waals surface area contributed by atoms with Gasteiger partial charge in [0.1, 0.15) is 5.60 Å². The summed E-state index contributed by atoms with van der Waals surface area (Å²) in [6.07, 6.45) is 0.177. The number of benzene rings is 2. The number of rotatable bonds is 7. The molecule has 2 N–H and O–H groups in total. The first-order valence-electron chi connectivity index (χ1n) is 9.18. The van der Waals surface area contributed by atoms with Crippen molar-refractivity contribution in [3.8, 4) is 0 Å². The molecule has 0 aromatic heterocycles. The van der Waals surface area contributed by atoms with Crippen LogP contribution in [0, 0.1) is 0 Å². The van der Waals surface area contributed by atoms with E-state index in [4.69, 9.17) is 4.74 Å². The first-order valence-corrected chi connectivity index (χ1v) is 9.18. The molecule has 0 bridgehead atoms. The number of ether oxygens (including phenoxy) is 1. The number of hydrogen-bond acceptors (Lipinski definition) is 3. The van der Waals surface area contributed by atoms with Gasteiger partial charge in [0.15, 0.2) is 0 Å². The Kier molecular flexibility index (Phi) is 7.41. The summed E-state index contributed by atoms with van der Waals surface area (Å²) >= 11 is 0. The molecule has 0 aliphatic carbocycles. The zero-order valence-electron chi connectivity index (χ0n) is 16.2. The largest absolute Gasteiger partial charge is 0.444 e. The summed E-state index contributed by atoms with van der Waals surface area (Å²) in [6.45, 7) is 5.75. The molecule has 0 saturated heterocycles. The van der Waals surface area contributed by atoms with Crippen molar-refractivity contribution in [1.29, 1.82) is 0 Å². The van der Waals surface area contributed by atoms with Crippen LogP contribution in [-0.4, -0.2) is 30.7 Å². The number of amides is 2. The van der Waals surface area contributed by atoms with Gasteiger partial charge < -0.3 is 15.4 Å². The Hall–Kier alpha value is -2.82. The fourth-order valence-electron chi connectivity index (χ4n) is 2.78. The zero-order chi connectivity index (χ0) is 19.7. The summed E-state index contributed by atoms with van der Waals surface area (Å²) in [5.74, 6) is -0.0350.